The van der Waals surface area contributed by atoms with Gasteiger partial charge in [-0.3, -0.25) is 5.84 Å². The number of hydrogen-bond acceptors (Lipinski definition) is 4. The van der Waals surface area contributed by atoms with Crippen molar-refractivity contribution in [1.82, 2.24) is 5.43 Å². The molecule has 0 amide bonds. The van der Waals surface area contributed by atoms with Crippen LogP contribution in [0.4, 0.5) is 5.69 Å². The van der Waals surface area contributed by atoms with E-state index in [1.54, 1.807) is 7.11 Å². The molecule has 1 aromatic carbocycles. The van der Waals surface area contributed by atoms with Crippen molar-refractivity contribution in [2.24, 2.45) is 5.84 Å². The summed E-state index contributed by atoms with van der Waals surface area (Å²) in [6.07, 6.45) is 0. The predicted octanol–water partition coefficient (Wildman–Crippen LogP) is 1.49. The molecule has 1 rings (SSSR count). The van der Waals surface area contributed by atoms with Crippen LogP contribution < -0.4 is 21.3 Å². The Morgan fingerprint density at radius 3 is 2.79 bits per heavy atom. The van der Waals surface area contributed by atoms with Gasteiger partial charge in [0.2, 0.25) is 0 Å². The second-order valence-corrected chi connectivity index (χ2v) is 3.27. The average Bonchev–Trinajstić information content (AvgIpc) is 2.18. The standard InChI is InChI=1S/C9H14ClN3O/c1-6-3-9(14-2)7(10)4-8(6)12-5-13-11/h3-4,12-13H,5,11H2,1-2H3. The van der Waals surface area contributed by atoms with Crippen molar-refractivity contribution in [3.63, 3.8) is 0 Å². The normalized spacial score (nSPS) is 10.0. The lowest BCUT2D eigenvalue weighted by molar-refractivity contribution is 0.415. The van der Waals surface area contributed by atoms with Crippen molar-refractivity contribution >= 4 is 17.3 Å². The number of nitrogens with one attached hydrogen (secondary N) is 2. The third kappa shape index (κ3) is 2.51. The van der Waals surface area contributed by atoms with Gasteiger partial charge in [0.1, 0.15) is 5.75 Å². The summed E-state index contributed by atoms with van der Waals surface area (Å²) in [5.41, 5.74) is 4.50. The van der Waals surface area contributed by atoms with Gasteiger partial charge in [0.15, 0.2) is 0 Å². The summed E-state index contributed by atoms with van der Waals surface area (Å²) in [5.74, 6) is 5.83. The minimum Gasteiger partial charge on any atom is -0.495 e. The summed E-state index contributed by atoms with van der Waals surface area (Å²) >= 11 is 5.96. The van der Waals surface area contributed by atoms with Crippen LogP contribution in [0.3, 0.4) is 0 Å². The second kappa shape index (κ2) is 5.05. The van der Waals surface area contributed by atoms with Gasteiger partial charge >= 0.3 is 0 Å². The number of anilines is 1. The molecule has 4 nitrogen and oxygen atoms in total. The molecule has 0 unspecified atom stereocenters. The number of rotatable bonds is 4. The van der Waals surface area contributed by atoms with E-state index in [2.05, 4.69) is 10.7 Å². The van der Waals surface area contributed by atoms with E-state index in [-0.39, 0.29) is 0 Å². The highest BCUT2D eigenvalue weighted by Crippen LogP contribution is 2.30. The van der Waals surface area contributed by atoms with Gasteiger partial charge in [0, 0.05) is 5.69 Å². The Morgan fingerprint density at radius 2 is 2.21 bits per heavy atom. The molecule has 0 atom stereocenters. The van der Waals surface area contributed by atoms with E-state index in [1.807, 2.05) is 19.1 Å². The third-order valence-corrected chi connectivity index (χ3v) is 2.18. The first-order valence-corrected chi connectivity index (χ1v) is 4.58. The van der Waals surface area contributed by atoms with Crippen LogP contribution in [0.1, 0.15) is 5.56 Å². The molecule has 0 bridgehead atoms. The Morgan fingerprint density at radius 1 is 1.50 bits per heavy atom. The highest BCUT2D eigenvalue weighted by molar-refractivity contribution is 6.32. The molecule has 4 N–H and O–H groups in total. The van der Waals surface area contributed by atoms with E-state index in [1.165, 1.54) is 0 Å². The maximum absolute atomic E-state index is 5.96. The van der Waals surface area contributed by atoms with Crippen LogP contribution in [0.5, 0.6) is 5.75 Å². The first-order chi connectivity index (χ1) is 6.69. The van der Waals surface area contributed by atoms with Crippen LogP contribution in [-0.4, -0.2) is 13.8 Å². The van der Waals surface area contributed by atoms with Crippen molar-refractivity contribution < 1.29 is 4.74 Å². The molecule has 0 spiro atoms. The lowest BCUT2D eigenvalue weighted by atomic mass is 10.2. The van der Waals surface area contributed by atoms with Crippen LogP contribution in [0.15, 0.2) is 12.1 Å². The molecule has 0 fully saturated rings. The van der Waals surface area contributed by atoms with Gasteiger partial charge in [-0.25, -0.2) is 5.43 Å². The number of hydrogen-bond donors (Lipinski definition) is 3. The van der Waals surface area contributed by atoms with Gasteiger partial charge in [-0.15, -0.1) is 0 Å². The van der Waals surface area contributed by atoms with Crippen LogP contribution in [0.25, 0.3) is 0 Å². The largest absolute Gasteiger partial charge is 0.495 e. The first-order valence-electron chi connectivity index (χ1n) is 4.20. The summed E-state index contributed by atoms with van der Waals surface area (Å²) in [7, 11) is 1.59. The fraction of sp³-hybridized carbons (Fsp3) is 0.333. The lowest BCUT2D eigenvalue weighted by Gasteiger charge is -2.11. The van der Waals surface area contributed by atoms with Crippen molar-refractivity contribution in [3.05, 3.63) is 22.7 Å². The number of benzene rings is 1. The number of nitrogens with two attached hydrogens (primary N) is 1. The summed E-state index contributed by atoms with van der Waals surface area (Å²) in [5, 5.41) is 3.66. The maximum atomic E-state index is 5.96. The van der Waals surface area contributed by atoms with Crippen molar-refractivity contribution in [2.75, 3.05) is 19.1 Å². The molecular weight excluding hydrogens is 202 g/mol. The second-order valence-electron chi connectivity index (χ2n) is 2.86. The first kappa shape index (κ1) is 11.1. The van der Waals surface area contributed by atoms with Crippen LogP contribution >= 0.6 is 11.6 Å². The fourth-order valence-corrected chi connectivity index (χ4v) is 1.39. The van der Waals surface area contributed by atoms with E-state index in [4.69, 9.17) is 22.2 Å². The zero-order valence-corrected chi connectivity index (χ0v) is 8.98. The molecule has 1 aromatic rings. The SMILES string of the molecule is COc1cc(C)c(NCNN)cc1Cl. The van der Waals surface area contributed by atoms with E-state index >= 15 is 0 Å². The molecule has 0 aromatic heterocycles. The number of halogens is 1. The zero-order valence-electron chi connectivity index (χ0n) is 8.23. The van der Waals surface area contributed by atoms with E-state index < -0.39 is 0 Å². The molecule has 0 saturated heterocycles. The smallest absolute Gasteiger partial charge is 0.137 e. The summed E-state index contributed by atoms with van der Waals surface area (Å²) in [4.78, 5) is 0. The quantitative estimate of drug-likeness (QED) is 0.405. The molecule has 0 saturated carbocycles. The predicted molar refractivity (Wildman–Crippen MR) is 58.6 cm³/mol. The molecule has 0 aliphatic rings. The van der Waals surface area contributed by atoms with Gasteiger partial charge in [0.05, 0.1) is 18.8 Å². The molecule has 0 aliphatic carbocycles. The molecule has 0 heterocycles. The van der Waals surface area contributed by atoms with Crippen molar-refractivity contribution in [2.45, 2.75) is 6.92 Å². The summed E-state index contributed by atoms with van der Waals surface area (Å²) in [6, 6.07) is 3.69. The number of methoxy groups -OCH3 is 1. The molecule has 5 heteroatoms. The van der Waals surface area contributed by atoms with Crippen LogP contribution in [0, 0.1) is 6.92 Å². The molecule has 78 valence electrons. The highest BCUT2D eigenvalue weighted by Gasteiger charge is 2.05. The van der Waals surface area contributed by atoms with E-state index in [9.17, 15) is 0 Å². The number of hydrazine groups is 1. The topological polar surface area (TPSA) is 59.3 Å². The number of ether oxygens (including phenoxy) is 1. The molecule has 14 heavy (non-hydrogen) atoms. The zero-order chi connectivity index (χ0) is 10.6. The molecule has 0 aliphatic heterocycles. The molecular formula is C9H14ClN3O. The minimum atomic E-state index is 0.490. The van der Waals surface area contributed by atoms with Crippen molar-refractivity contribution in [1.29, 1.82) is 0 Å². The Hall–Kier alpha value is -0.970. The Bertz CT molecular complexity index is 317. The Labute approximate surface area is 88.4 Å². The van der Waals surface area contributed by atoms with Gasteiger partial charge < -0.3 is 10.1 Å². The molecule has 0 radical (unpaired) electrons. The van der Waals surface area contributed by atoms with Gasteiger partial charge in [-0.1, -0.05) is 11.6 Å². The van der Waals surface area contributed by atoms with E-state index in [0.29, 0.717) is 17.4 Å². The van der Waals surface area contributed by atoms with Gasteiger partial charge in [-0.05, 0) is 24.6 Å². The third-order valence-electron chi connectivity index (χ3n) is 1.88. The highest BCUT2D eigenvalue weighted by atomic mass is 35.5. The van der Waals surface area contributed by atoms with Gasteiger partial charge in [0.25, 0.3) is 0 Å². The lowest BCUT2D eigenvalue weighted by Crippen LogP contribution is -2.28. The Kier molecular flexibility index (Phi) is 4.00. The van der Waals surface area contributed by atoms with E-state index in [0.717, 1.165) is 11.3 Å². The Balaban J connectivity index is 2.90. The minimum absolute atomic E-state index is 0.490. The maximum Gasteiger partial charge on any atom is 0.137 e. The van der Waals surface area contributed by atoms with Crippen LogP contribution in [-0.2, 0) is 0 Å². The fourth-order valence-electron chi connectivity index (χ4n) is 1.15. The van der Waals surface area contributed by atoms with Crippen LogP contribution in [0.2, 0.25) is 5.02 Å². The van der Waals surface area contributed by atoms with Crippen molar-refractivity contribution in [3.8, 4) is 5.75 Å². The average molecular weight is 216 g/mol. The van der Waals surface area contributed by atoms with Gasteiger partial charge in [-0.2, -0.15) is 0 Å². The number of aryl methyl sites for hydroxylation is 1. The summed E-state index contributed by atoms with van der Waals surface area (Å²) < 4.78 is 5.09. The summed E-state index contributed by atoms with van der Waals surface area (Å²) in [6.45, 7) is 2.46. The monoisotopic (exact) mass is 215 g/mol.